The fraction of sp³-hybridized carbons (Fsp3) is 0.238. The Balaban J connectivity index is 1.88. The molecule has 2 heterocycles. The third-order valence-electron chi connectivity index (χ3n) is 4.91. The van der Waals surface area contributed by atoms with Gasteiger partial charge in [0.2, 0.25) is 0 Å². The molecule has 0 saturated carbocycles. The van der Waals surface area contributed by atoms with Crippen LogP contribution < -0.4 is 5.32 Å². The molecule has 6 heteroatoms. The summed E-state index contributed by atoms with van der Waals surface area (Å²) in [6, 6.07) is 9.90. The average Bonchev–Trinajstić information content (AvgIpc) is 3.19. The smallest absolute Gasteiger partial charge is 0.257 e. The van der Waals surface area contributed by atoms with Crippen molar-refractivity contribution in [2.24, 2.45) is 0 Å². The third kappa shape index (κ3) is 3.47. The summed E-state index contributed by atoms with van der Waals surface area (Å²) in [6.45, 7) is 3.41. The van der Waals surface area contributed by atoms with Crippen LogP contribution in [-0.4, -0.2) is 28.9 Å². The van der Waals surface area contributed by atoms with Gasteiger partial charge in [-0.3, -0.25) is 9.78 Å². The molecular weight excluding hydrogens is 365 g/mol. The molecule has 1 amide bonds. The molecule has 0 spiro atoms. The van der Waals surface area contributed by atoms with Crippen LogP contribution >= 0.6 is 11.6 Å². The number of nitrogens with zero attached hydrogens (tertiary/aromatic N) is 2. The van der Waals surface area contributed by atoms with Gasteiger partial charge >= 0.3 is 0 Å². The number of pyridine rings is 1. The number of carbonyl (C=O) groups is 1. The number of amides is 1. The number of hydrogen-bond donors (Lipinski definition) is 1. The van der Waals surface area contributed by atoms with Gasteiger partial charge in [0.1, 0.15) is 5.82 Å². The predicted octanol–water partition coefficient (Wildman–Crippen LogP) is 5.32. The van der Waals surface area contributed by atoms with Crippen LogP contribution in [0.25, 0.3) is 10.9 Å². The highest BCUT2D eigenvalue weighted by Gasteiger charge is 2.24. The van der Waals surface area contributed by atoms with Gasteiger partial charge in [-0.15, -0.1) is 0 Å². The second-order valence-electron chi connectivity index (χ2n) is 6.79. The summed E-state index contributed by atoms with van der Waals surface area (Å²) in [4.78, 5) is 19.3. The van der Waals surface area contributed by atoms with E-state index < -0.39 is 0 Å². The van der Waals surface area contributed by atoms with Crippen molar-refractivity contribution in [3.63, 3.8) is 0 Å². The molecule has 1 saturated heterocycles. The maximum Gasteiger partial charge on any atom is 0.257 e. The second kappa shape index (κ2) is 7.16. The number of halogens is 2. The Kier molecular flexibility index (Phi) is 4.70. The lowest BCUT2D eigenvalue weighted by Crippen LogP contribution is -2.28. The minimum absolute atomic E-state index is 0.0895. The molecule has 4 rings (SSSR count). The normalized spacial score (nSPS) is 14.0. The lowest BCUT2D eigenvalue weighted by atomic mass is 10.1. The maximum absolute atomic E-state index is 14.0. The first kappa shape index (κ1) is 17.7. The van der Waals surface area contributed by atoms with Crippen molar-refractivity contribution < 1.29 is 9.18 Å². The molecule has 1 aliphatic rings. The van der Waals surface area contributed by atoms with Gasteiger partial charge in [0.15, 0.2) is 0 Å². The van der Waals surface area contributed by atoms with Gasteiger partial charge in [0.25, 0.3) is 5.91 Å². The zero-order chi connectivity index (χ0) is 19.0. The van der Waals surface area contributed by atoms with Crippen molar-refractivity contribution in [2.75, 3.05) is 18.4 Å². The standard InChI is InChI=1S/C21H19ClFN3O/c1-13-4-5-14(22)10-19(13)25-20-16-11-15(23)6-7-18(16)24-12-17(20)21(27)26-8-2-3-9-26/h4-7,10-12H,2-3,8-9H2,1H3,(H,24,25). The molecule has 0 bridgehead atoms. The molecule has 0 unspecified atom stereocenters. The maximum atomic E-state index is 14.0. The van der Waals surface area contributed by atoms with Crippen molar-refractivity contribution >= 4 is 39.8 Å². The molecule has 1 N–H and O–H groups in total. The lowest BCUT2D eigenvalue weighted by molar-refractivity contribution is 0.0793. The average molecular weight is 384 g/mol. The van der Waals surface area contributed by atoms with E-state index >= 15 is 0 Å². The molecule has 4 nitrogen and oxygen atoms in total. The molecule has 138 valence electrons. The second-order valence-corrected chi connectivity index (χ2v) is 7.23. The van der Waals surface area contributed by atoms with Gasteiger partial charge in [-0.2, -0.15) is 0 Å². The van der Waals surface area contributed by atoms with E-state index in [1.165, 1.54) is 12.1 Å². The van der Waals surface area contributed by atoms with Crippen molar-refractivity contribution in [3.8, 4) is 0 Å². The van der Waals surface area contributed by atoms with Crippen LogP contribution in [0.4, 0.5) is 15.8 Å². The number of aryl methyl sites for hydroxylation is 1. The Labute approximate surface area is 162 Å². The minimum atomic E-state index is -0.374. The van der Waals surface area contributed by atoms with Gasteiger partial charge in [-0.05, 0) is 55.7 Å². The fourth-order valence-corrected chi connectivity index (χ4v) is 3.59. The van der Waals surface area contributed by atoms with E-state index in [2.05, 4.69) is 10.3 Å². The summed E-state index contributed by atoms with van der Waals surface area (Å²) in [6.07, 6.45) is 3.57. The number of benzene rings is 2. The molecule has 0 radical (unpaired) electrons. The predicted molar refractivity (Wildman–Crippen MR) is 106 cm³/mol. The molecule has 0 aliphatic carbocycles. The van der Waals surface area contributed by atoms with E-state index in [0.29, 0.717) is 27.2 Å². The van der Waals surface area contributed by atoms with Gasteiger partial charge in [0.05, 0.1) is 16.8 Å². The van der Waals surface area contributed by atoms with E-state index in [1.54, 1.807) is 18.3 Å². The molecule has 0 atom stereocenters. The zero-order valence-electron chi connectivity index (χ0n) is 14.9. The first-order valence-corrected chi connectivity index (χ1v) is 9.31. The molecule has 1 aliphatic heterocycles. The zero-order valence-corrected chi connectivity index (χ0v) is 15.7. The van der Waals surface area contributed by atoms with Gasteiger partial charge < -0.3 is 10.2 Å². The number of carbonyl (C=O) groups excluding carboxylic acids is 1. The van der Waals surface area contributed by atoms with Crippen LogP contribution in [0.5, 0.6) is 0 Å². The monoisotopic (exact) mass is 383 g/mol. The topological polar surface area (TPSA) is 45.2 Å². The van der Waals surface area contributed by atoms with E-state index in [0.717, 1.165) is 37.2 Å². The number of hydrogen-bond acceptors (Lipinski definition) is 3. The summed E-state index contributed by atoms with van der Waals surface area (Å²) < 4.78 is 14.0. The summed E-state index contributed by atoms with van der Waals surface area (Å²) in [7, 11) is 0. The molecule has 2 aromatic carbocycles. The summed E-state index contributed by atoms with van der Waals surface area (Å²) in [5, 5.41) is 4.47. The summed E-state index contributed by atoms with van der Waals surface area (Å²) in [5.41, 5.74) is 3.36. The summed E-state index contributed by atoms with van der Waals surface area (Å²) >= 11 is 6.14. The SMILES string of the molecule is Cc1ccc(Cl)cc1Nc1c(C(=O)N2CCCC2)cnc2ccc(F)cc12. The fourth-order valence-electron chi connectivity index (χ4n) is 3.42. The van der Waals surface area contributed by atoms with Crippen molar-refractivity contribution in [2.45, 2.75) is 19.8 Å². The molecule has 3 aromatic rings. The van der Waals surface area contributed by atoms with E-state index in [1.807, 2.05) is 24.0 Å². The number of anilines is 2. The van der Waals surface area contributed by atoms with Gasteiger partial charge in [0, 0.05) is 35.4 Å². The number of rotatable bonds is 3. The molecule has 27 heavy (non-hydrogen) atoms. The molecule has 1 fully saturated rings. The van der Waals surface area contributed by atoms with Crippen LogP contribution in [0.2, 0.25) is 5.02 Å². The van der Waals surface area contributed by atoms with Gasteiger partial charge in [-0.25, -0.2) is 4.39 Å². The Hall–Kier alpha value is -2.66. The Morgan fingerprint density at radius 3 is 2.74 bits per heavy atom. The Morgan fingerprint density at radius 2 is 1.96 bits per heavy atom. The Morgan fingerprint density at radius 1 is 1.19 bits per heavy atom. The highest BCUT2D eigenvalue weighted by atomic mass is 35.5. The highest BCUT2D eigenvalue weighted by Crippen LogP contribution is 2.33. The Bertz CT molecular complexity index is 1030. The third-order valence-corrected chi connectivity index (χ3v) is 5.15. The van der Waals surface area contributed by atoms with E-state index in [4.69, 9.17) is 11.6 Å². The summed E-state index contributed by atoms with van der Waals surface area (Å²) in [5.74, 6) is -0.464. The lowest BCUT2D eigenvalue weighted by Gasteiger charge is -2.20. The van der Waals surface area contributed by atoms with Crippen molar-refractivity contribution in [1.82, 2.24) is 9.88 Å². The van der Waals surface area contributed by atoms with Crippen LogP contribution in [0.15, 0.2) is 42.6 Å². The molecular formula is C21H19ClFN3O. The van der Waals surface area contributed by atoms with Crippen LogP contribution in [0.3, 0.4) is 0 Å². The number of aromatic nitrogens is 1. The first-order chi connectivity index (χ1) is 13.0. The van der Waals surface area contributed by atoms with Crippen molar-refractivity contribution in [1.29, 1.82) is 0 Å². The van der Waals surface area contributed by atoms with E-state index in [-0.39, 0.29) is 11.7 Å². The largest absolute Gasteiger partial charge is 0.354 e. The minimum Gasteiger partial charge on any atom is -0.354 e. The first-order valence-electron chi connectivity index (χ1n) is 8.93. The highest BCUT2D eigenvalue weighted by molar-refractivity contribution is 6.31. The van der Waals surface area contributed by atoms with Crippen LogP contribution in [-0.2, 0) is 0 Å². The molecule has 1 aromatic heterocycles. The number of nitrogens with one attached hydrogen (secondary N) is 1. The van der Waals surface area contributed by atoms with Crippen LogP contribution in [0, 0.1) is 12.7 Å². The van der Waals surface area contributed by atoms with Crippen molar-refractivity contribution in [3.05, 3.63) is 64.6 Å². The van der Waals surface area contributed by atoms with E-state index in [9.17, 15) is 9.18 Å². The number of likely N-dealkylation sites (tertiary alicyclic amines) is 1. The van der Waals surface area contributed by atoms with Crippen LogP contribution in [0.1, 0.15) is 28.8 Å². The quantitative estimate of drug-likeness (QED) is 0.666. The van der Waals surface area contributed by atoms with Gasteiger partial charge in [-0.1, -0.05) is 17.7 Å². The number of fused-ring (bicyclic) bond motifs is 1.